The second-order valence-electron chi connectivity index (χ2n) is 6.08. The normalized spacial score (nSPS) is 15.6. The Morgan fingerprint density at radius 3 is 2.33 bits per heavy atom. The Morgan fingerprint density at radius 1 is 1.07 bits per heavy atom. The number of hydrogen-bond acceptors (Lipinski definition) is 5. The Bertz CT molecular complexity index is 685. The molecule has 1 aliphatic rings. The summed E-state index contributed by atoms with van der Waals surface area (Å²) in [7, 11) is -3.57. The average Bonchev–Trinajstić information content (AvgIpc) is 2.68. The molecule has 2 rings (SSSR count). The van der Waals surface area contributed by atoms with Crippen molar-refractivity contribution in [3.63, 3.8) is 0 Å². The Labute approximate surface area is 161 Å². The van der Waals surface area contributed by atoms with E-state index in [-0.39, 0.29) is 24.0 Å². The monoisotopic (exact) mass is 399 g/mol. The first-order valence-electron chi connectivity index (χ1n) is 9.32. The number of ether oxygens (including phenoxy) is 2. The lowest BCUT2D eigenvalue weighted by atomic mass is 10.3. The van der Waals surface area contributed by atoms with Crippen molar-refractivity contribution in [1.82, 2.24) is 14.5 Å². The van der Waals surface area contributed by atoms with E-state index in [9.17, 15) is 13.2 Å². The quantitative estimate of drug-likeness (QED) is 0.636. The van der Waals surface area contributed by atoms with Crippen molar-refractivity contribution in [2.75, 3.05) is 52.5 Å². The maximum Gasteiger partial charge on any atom is 0.317 e. The Kier molecular flexibility index (Phi) is 8.33. The summed E-state index contributed by atoms with van der Waals surface area (Å²) in [6.45, 7) is 7.46. The van der Waals surface area contributed by atoms with Crippen LogP contribution >= 0.6 is 0 Å². The minimum atomic E-state index is -3.57. The average molecular weight is 400 g/mol. The maximum absolute atomic E-state index is 12.8. The highest BCUT2D eigenvalue weighted by Gasteiger charge is 2.30. The fourth-order valence-electron chi connectivity index (χ4n) is 2.78. The highest BCUT2D eigenvalue weighted by molar-refractivity contribution is 7.89. The van der Waals surface area contributed by atoms with Gasteiger partial charge in [0.05, 0.1) is 11.5 Å². The summed E-state index contributed by atoms with van der Waals surface area (Å²) in [5, 5.41) is 2.84. The molecule has 1 aromatic rings. The van der Waals surface area contributed by atoms with Gasteiger partial charge >= 0.3 is 6.03 Å². The number of urea groups is 1. The number of rotatable bonds is 9. The molecule has 0 spiro atoms. The van der Waals surface area contributed by atoms with E-state index >= 15 is 0 Å². The lowest BCUT2D eigenvalue weighted by Crippen LogP contribution is -2.53. The van der Waals surface area contributed by atoms with Crippen LogP contribution in [-0.2, 0) is 14.8 Å². The van der Waals surface area contributed by atoms with Crippen LogP contribution in [0, 0.1) is 0 Å². The van der Waals surface area contributed by atoms with Gasteiger partial charge in [0.15, 0.2) is 0 Å². The van der Waals surface area contributed by atoms with Crippen molar-refractivity contribution in [1.29, 1.82) is 0 Å². The van der Waals surface area contributed by atoms with Crippen molar-refractivity contribution in [3.05, 3.63) is 24.3 Å². The minimum absolute atomic E-state index is 0.162. The van der Waals surface area contributed by atoms with E-state index in [1.165, 1.54) is 4.31 Å². The van der Waals surface area contributed by atoms with Crippen LogP contribution in [-0.4, -0.2) is 76.2 Å². The molecule has 1 heterocycles. The zero-order valence-electron chi connectivity index (χ0n) is 16.0. The second kappa shape index (κ2) is 10.5. The summed E-state index contributed by atoms with van der Waals surface area (Å²) in [4.78, 5) is 14.0. The molecule has 1 N–H and O–H groups in total. The number of nitrogens with zero attached hydrogens (tertiary/aromatic N) is 2. The molecule has 1 aromatic carbocycles. The first-order valence-corrected chi connectivity index (χ1v) is 10.8. The van der Waals surface area contributed by atoms with Gasteiger partial charge in [0, 0.05) is 45.9 Å². The number of carbonyl (C=O) groups excluding carboxylic acids is 1. The zero-order valence-corrected chi connectivity index (χ0v) is 16.8. The molecular formula is C18H29N3O5S. The number of piperazine rings is 1. The molecule has 1 fully saturated rings. The first kappa shape index (κ1) is 21.5. The molecule has 0 bridgehead atoms. The van der Waals surface area contributed by atoms with Crippen molar-refractivity contribution >= 4 is 16.1 Å². The molecule has 0 aliphatic carbocycles. The Morgan fingerprint density at radius 2 is 1.74 bits per heavy atom. The van der Waals surface area contributed by atoms with Crippen LogP contribution in [0.15, 0.2) is 29.2 Å². The van der Waals surface area contributed by atoms with E-state index in [1.807, 2.05) is 13.8 Å². The van der Waals surface area contributed by atoms with E-state index in [0.29, 0.717) is 45.2 Å². The van der Waals surface area contributed by atoms with Gasteiger partial charge in [0.1, 0.15) is 5.75 Å². The van der Waals surface area contributed by atoms with Crippen LogP contribution < -0.4 is 10.1 Å². The molecule has 2 amide bonds. The van der Waals surface area contributed by atoms with Crippen LogP contribution in [0.3, 0.4) is 0 Å². The molecule has 1 saturated heterocycles. The predicted molar refractivity (Wildman–Crippen MR) is 102 cm³/mol. The van der Waals surface area contributed by atoms with Crippen molar-refractivity contribution < 1.29 is 22.7 Å². The van der Waals surface area contributed by atoms with E-state index in [1.54, 1.807) is 29.2 Å². The maximum atomic E-state index is 12.8. The van der Waals surface area contributed by atoms with Crippen molar-refractivity contribution in [2.45, 2.75) is 25.2 Å². The fourth-order valence-corrected chi connectivity index (χ4v) is 4.20. The summed E-state index contributed by atoms with van der Waals surface area (Å²) in [6, 6.07) is 6.25. The largest absolute Gasteiger partial charge is 0.494 e. The van der Waals surface area contributed by atoms with Gasteiger partial charge in [0.2, 0.25) is 10.0 Å². The number of amides is 2. The molecule has 27 heavy (non-hydrogen) atoms. The Hall–Kier alpha value is -1.84. The van der Waals surface area contributed by atoms with Gasteiger partial charge in [-0.2, -0.15) is 4.31 Å². The minimum Gasteiger partial charge on any atom is -0.494 e. The summed E-state index contributed by atoms with van der Waals surface area (Å²) in [5.41, 5.74) is 0. The van der Waals surface area contributed by atoms with Gasteiger partial charge in [0.25, 0.3) is 0 Å². The number of sulfonamides is 1. The lowest BCUT2D eigenvalue weighted by Gasteiger charge is -2.34. The molecule has 152 valence electrons. The fraction of sp³-hybridized carbons (Fsp3) is 0.611. The zero-order chi connectivity index (χ0) is 19.7. The van der Waals surface area contributed by atoms with Crippen molar-refractivity contribution in [2.24, 2.45) is 0 Å². The third-order valence-corrected chi connectivity index (χ3v) is 6.16. The van der Waals surface area contributed by atoms with Gasteiger partial charge in [-0.15, -0.1) is 0 Å². The molecule has 1 aliphatic heterocycles. The van der Waals surface area contributed by atoms with E-state index < -0.39 is 10.0 Å². The highest BCUT2D eigenvalue weighted by Crippen LogP contribution is 2.20. The van der Waals surface area contributed by atoms with Crippen LogP contribution in [0.1, 0.15) is 20.3 Å². The SMILES string of the molecule is CCOCCCNC(=O)N1CCN(S(=O)(=O)c2ccc(OCC)cc2)CC1. The molecule has 9 heteroatoms. The van der Waals surface area contributed by atoms with Crippen LogP contribution in [0.4, 0.5) is 4.79 Å². The summed E-state index contributed by atoms with van der Waals surface area (Å²) in [5.74, 6) is 0.641. The molecule has 0 radical (unpaired) electrons. The van der Waals surface area contributed by atoms with Crippen LogP contribution in [0.25, 0.3) is 0 Å². The van der Waals surface area contributed by atoms with Gasteiger partial charge < -0.3 is 19.7 Å². The van der Waals surface area contributed by atoms with E-state index in [4.69, 9.17) is 9.47 Å². The van der Waals surface area contributed by atoms with Gasteiger partial charge in [-0.3, -0.25) is 0 Å². The molecule has 0 saturated carbocycles. The third-order valence-electron chi connectivity index (χ3n) is 4.24. The van der Waals surface area contributed by atoms with Crippen LogP contribution in [0.5, 0.6) is 5.75 Å². The number of hydrogen-bond donors (Lipinski definition) is 1. The summed E-state index contributed by atoms with van der Waals surface area (Å²) in [6.07, 6.45) is 0.756. The topological polar surface area (TPSA) is 88.2 Å². The summed E-state index contributed by atoms with van der Waals surface area (Å²) < 4.78 is 37.5. The lowest BCUT2D eigenvalue weighted by molar-refractivity contribution is 0.142. The molecule has 0 unspecified atom stereocenters. The second-order valence-corrected chi connectivity index (χ2v) is 8.02. The van der Waals surface area contributed by atoms with Gasteiger partial charge in [-0.25, -0.2) is 13.2 Å². The van der Waals surface area contributed by atoms with E-state index in [0.717, 1.165) is 6.42 Å². The predicted octanol–water partition coefficient (Wildman–Crippen LogP) is 1.53. The standard InChI is InChI=1S/C18H29N3O5S/c1-3-25-15-5-10-19-18(22)20-11-13-21(14-12-20)27(23,24)17-8-6-16(7-9-17)26-4-2/h6-9H,3-5,10-15H2,1-2H3,(H,19,22). The molecular weight excluding hydrogens is 370 g/mol. The van der Waals surface area contributed by atoms with Gasteiger partial charge in [-0.05, 0) is 44.5 Å². The molecule has 8 nitrogen and oxygen atoms in total. The summed E-state index contributed by atoms with van der Waals surface area (Å²) >= 11 is 0. The number of carbonyl (C=O) groups is 1. The highest BCUT2D eigenvalue weighted by atomic mass is 32.2. The van der Waals surface area contributed by atoms with Crippen LogP contribution in [0.2, 0.25) is 0 Å². The van der Waals surface area contributed by atoms with Crippen molar-refractivity contribution in [3.8, 4) is 5.75 Å². The number of benzene rings is 1. The smallest absolute Gasteiger partial charge is 0.317 e. The first-order chi connectivity index (χ1) is 13.0. The van der Waals surface area contributed by atoms with E-state index in [2.05, 4.69) is 5.32 Å². The number of nitrogens with one attached hydrogen (secondary N) is 1. The molecule has 0 aromatic heterocycles. The third kappa shape index (κ3) is 6.08. The Balaban J connectivity index is 1.84. The molecule has 0 atom stereocenters. The van der Waals surface area contributed by atoms with Gasteiger partial charge in [-0.1, -0.05) is 0 Å².